The topological polar surface area (TPSA) is 60.8 Å². The van der Waals surface area contributed by atoms with Crippen molar-refractivity contribution in [2.24, 2.45) is 0 Å². The molecule has 0 aliphatic rings. The van der Waals surface area contributed by atoms with Crippen LogP contribution in [0, 0.1) is 17.0 Å². The number of anilines is 1. The molecule has 3 N–H and O–H groups in total. The molecule has 1 heterocycles. The highest BCUT2D eigenvalue weighted by molar-refractivity contribution is 5.96. The van der Waals surface area contributed by atoms with Crippen molar-refractivity contribution in [3.63, 3.8) is 0 Å². The molecule has 0 spiro atoms. The van der Waals surface area contributed by atoms with Crippen LogP contribution in [0.4, 0.5) is 27.8 Å². The maximum absolute atomic E-state index is 13.4. The Morgan fingerprint density at radius 3 is 2.54 bits per heavy atom. The van der Waals surface area contributed by atoms with Crippen molar-refractivity contribution < 1.29 is 22.0 Å². The predicted molar refractivity (Wildman–Crippen MR) is 88.3 cm³/mol. The molecule has 1 aromatic heterocycles. The van der Waals surface area contributed by atoms with Gasteiger partial charge in [0.1, 0.15) is 11.7 Å². The van der Waals surface area contributed by atoms with E-state index in [2.05, 4.69) is 22.2 Å². The number of amidine groups is 1. The molecule has 2 rings (SSSR count). The average molecular weight is 368 g/mol. The largest absolute Gasteiger partial charge is 0.417 e. The fraction of sp³-hybridized carbons (Fsp3) is 0.0588. The van der Waals surface area contributed by atoms with Crippen LogP contribution < -0.4 is 10.6 Å². The van der Waals surface area contributed by atoms with Crippen molar-refractivity contribution in [1.29, 1.82) is 5.41 Å². The lowest BCUT2D eigenvalue weighted by Gasteiger charge is -2.15. The van der Waals surface area contributed by atoms with Crippen LogP contribution in [0.25, 0.3) is 5.70 Å². The van der Waals surface area contributed by atoms with E-state index in [0.29, 0.717) is 6.07 Å². The second kappa shape index (κ2) is 7.77. The van der Waals surface area contributed by atoms with E-state index >= 15 is 0 Å². The summed E-state index contributed by atoms with van der Waals surface area (Å²) in [5, 5.41) is 12.5. The van der Waals surface area contributed by atoms with Gasteiger partial charge in [-0.15, -0.1) is 0 Å². The first-order valence-electron chi connectivity index (χ1n) is 7.13. The van der Waals surface area contributed by atoms with Gasteiger partial charge in [0.15, 0.2) is 11.6 Å². The summed E-state index contributed by atoms with van der Waals surface area (Å²) in [6, 6.07) is 5.43. The monoisotopic (exact) mass is 368 g/mol. The van der Waals surface area contributed by atoms with Gasteiger partial charge in [-0.1, -0.05) is 24.8 Å². The Morgan fingerprint density at radius 1 is 1.19 bits per heavy atom. The first-order valence-corrected chi connectivity index (χ1v) is 7.13. The zero-order valence-corrected chi connectivity index (χ0v) is 13.2. The van der Waals surface area contributed by atoms with Crippen LogP contribution in [0.3, 0.4) is 0 Å². The number of hydrogen-bond acceptors (Lipinski definition) is 3. The van der Waals surface area contributed by atoms with Crippen LogP contribution in [-0.4, -0.2) is 10.8 Å². The average Bonchev–Trinajstić information content (AvgIpc) is 2.56. The molecule has 0 atom stereocenters. The van der Waals surface area contributed by atoms with Crippen LogP contribution >= 0.6 is 0 Å². The summed E-state index contributed by atoms with van der Waals surface area (Å²) in [5.74, 6) is -2.34. The maximum atomic E-state index is 13.4. The Kier molecular flexibility index (Phi) is 5.71. The number of hydrogen-bond donors (Lipinski definition) is 3. The van der Waals surface area contributed by atoms with Crippen molar-refractivity contribution in [1.82, 2.24) is 10.3 Å². The van der Waals surface area contributed by atoms with Crippen LogP contribution in [0.2, 0.25) is 0 Å². The molecular formula is C17H13F5N4. The number of aromatic nitrogens is 1. The van der Waals surface area contributed by atoms with Gasteiger partial charge in [-0.25, -0.2) is 13.8 Å². The van der Waals surface area contributed by atoms with Gasteiger partial charge in [-0.2, -0.15) is 13.2 Å². The molecule has 0 fully saturated rings. The second-order valence-electron chi connectivity index (χ2n) is 5.02. The Morgan fingerprint density at radius 2 is 1.88 bits per heavy atom. The molecule has 0 aliphatic carbocycles. The summed E-state index contributed by atoms with van der Waals surface area (Å²) >= 11 is 0. The molecule has 0 bridgehead atoms. The van der Waals surface area contributed by atoms with Crippen molar-refractivity contribution in [2.75, 3.05) is 5.32 Å². The Bertz CT molecular complexity index is 858. The summed E-state index contributed by atoms with van der Waals surface area (Å²) < 4.78 is 65.1. The van der Waals surface area contributed by atoms with E-state index < -0.39 is 23.4 Å². The Balaban J connectivity index is 2.03. The van der Waals surface area contributed by atoms with Crippen molar-refractivity contribution in [3.05, 3.63) is 78.1 Å². The number of nitrogens with zero attached hydrogens (tertiary/aromatic N) is 1. The highest BCUT2D eigenvalue weighted by Gasteiger charge is 2.33. The standard InChI is InChI=1S/C17H13F5N4/c1-10(12-4-2-3-5-13(12)17(20,21)22)26-15(23)6-7-24-16-14(19)8-11(18)9-25-16/h2-9H,1H2,(H2,23,26)(H,24,25)/b7-6-. The second-order valence-corrected chi connectivity index (χ2v) is 5.02. The Labute approximate surface area is 145 Å². The molecule has 0 aliphatic heterocycles. The summed E-state index contributed by atoms with van der Waals surface area (Å²) in [6.07, 6.45) is -1.52. The molecule has 26 heavy (non-hydrogen) atoms. The number of pyridine rings is 1. The van der Waals surface area contributed by atoms with E-state index in [4.69, 9.17) is 5.41 Å². The highest BCUT2D eigenvalue weighted by atomic mass is 19.4. The van der Waals surface area contributed by atoms with Crippen LogP contribution in [0.1, 0.15) is 11.1 Å². The third-order valence-corrected chi connectivity index (χ3v) is 3.12. The molecule has 0 unspecified atom stereocenters. The minimum absolute atomic E-state index is 0.126. The fourth-order valence-electron chi connectivity index (χ4n) is 1.99. The van der Waals surface area contributed by atoms with E-state index in [9.17, 15) is 22.0 Å². The highest BCUT2D eigenvalue weighted by Crippen LogP contribution is 2.33. The number of rotatable bonds is 5. The zero-order chi connectivity index (χ0) is 19.3. The quantitative estimate of drug-likeness (QED) is 0.412. The molecule has 0 radical (unpaired) electrons. The van der Waals surface area contributed by atoms with Crippen LogP contribution in [0.5, 0.6) is 0 Å². The number of nitrogens with one attached hydrogen (secondary N) is 3. The van der Waals surface area contributed by atoms with E-state index in [-0.39, 0.29) is 22.9 Å². The molecule has 4 nitrogen and oxygen atoms in total. The van der Waals surface area contributed by atoms with Gasteiger partial charge in [-0.3, -0.25) is 5.41 Å². The third kappa shape index (κ3) is 4.88. The molecule has 2 aromatic rings. The van der Waals surface area contributed by atoms with Crippen LogP contribution in [-0.2, 0) is 6.18 Å². The normalized spacial score (nSPS) is 11.4. The molecule has 1 aromatic carbocycles. The molecule has 0 amide bonds. The van der Waals surface area contributed by atoms with Gasteiger partial charge in [0, 0.05) is 23.5 Å². The summed E-state index contributed by atoms with van der Waals surface area (Å²) in [5.41, 5.74) is -1.21. The fourth-order valence-corrected chi connectivity index (χ4v) is 1.99. The molecule has 136 valence electrons. The molecule has 0 saturated carbocycles. The Hall–Kier alpha value is -3.23. The minimum Gasteiger partial charge on any atom is -0.344 e. The smallest absolute Gasteiger partial charge is 0.344 e. The maximum Gasteiger partial charge on any atom is 0.417 e. The van der Waals surface area contributed by atoms with E-state index in [1.807, 2.05) is 0 Å². The first-order chi connectivity index (χ1) is 12.2. The minimum atomic E-state index is -4.56. The van der Waals surface area contributed by atoms with E-state index in [0.717, 1.165) is 24.5 Å². The predicted octanol–water partition coefficient (Wildman–Crippen LogP) is 4.54. The SMILES string of the molecule is C=C(NC(=N)/C=C\Nc1ncc(F)cc1F)c1ccccc1C(F)(F)F. The molecule has 9 heteroatoms. The van der Waals surface area contributed by atoms with Crippen molar-refractivity contribution >= 4 is 17.4 Å². The summed E-state index contributed by atoms with van der Waals surface area (Å²) in [6.45, 7) is 3.51. The zero-order valence-electron chi connectivity index (χ0n) is 13.2. The third-order valence-electron chi connectivity index (χ3n) is 3.12. The molecule has 0 saturated heterocycles. The van der Waals surface area contributed by atoms with E-state index in [1.54, 1.807) is 0 Å². The lowest BCUT2D eigenvalue weighted by atomic mass is 10.0. The van der Waals surface area contributed by atoms with Crippen LogP contribution in [0.15, 0.2) is 55.4 Å². The van der Waals surface area contributed by atoms with Gasteiger partial charge >= 0.3 is 6.18 Å². The van der Waals surface area contributed by atoms with Gasteiger partial charge in [0.05, 0.1) is 11.8 Å². The molecular weight excluding hydrogens is 355 g/mol. The van der Waals surface area contributed by atoms with Gasteiger partial charge in [0.2, 0.25) is 0 Å². The van der Waals surface area contributed by atoms with Gasteiger partial charge in [-0.05, 0) is 12.1 Å². The van der Waals surface area contributed by atoms with Crippen molar-refractivity contribution in [3.8, 4) is 0 Å². The first kappa shape index (κ1) is 19.1. The van der Waals surface area contributed by atoms with Gasteiger partial charge in [0.25, 0.3) is 0 Å². The van der Waals surface area contributed by atoms with Crippen molar-refractivity contribution in [2.45, 2.75) is 6.18 Å². The number of benzene rings is 1. The lowest BCUT2D eigenvalue weighted by molar-refractivity contribution is -0.137. The summed E-state index contributed by atoms with van der Waals surface area (Å²) in [4.78, 5) is 3.48. The lowest BCUT2D eigenvalue weighted by Crippen LogP contribution is -2.20. The van der Waals surface area contributed by atoms with Gasteiger partial charge < -0.3 is 10.6 Å². The number of alkyl halides is 3. The summed E-state index contributed by atoms with van der Waals surface area (Å²) in [7, 11) is 0. The number of halogens is 5. The van der Waals surface area contributed by atoms with E-state index in [1.165, 1.54) is 18.2 Å².